The highest BCUT2D eigenvalue weighted by molar-refractivity contribution is 5.12. The number of fused-ring (bicyclic) bond motifs is 1. The lowest BCUT2D eigenvalue weighted by molar-refractivity contribution is -0.169. The van der Waals surface area contributed by atoms with Crippen molar-refractivity contribution in [3.05, 3.63) is 0 Å². The molecule has 0 saturated heterocycles. The molecule has 2 aliphatic rings. The molecule has 1 N–H and O–H groups in total. The minimum Gasteiger partial charge on any atom is -0.393 e. The zero-order chi connectivity index (χ0) is 18.7. The third kappa shape index (κ3) is 5.00. The van der Waals surface area contributed by atoms with Gasteiger partial charge in [-0.1, -0.05) is 32.1 Å². The Morgan fingerprint density at radius 1 is 1.24 bits per heavy atom. The fourth-order valence-electron chi connectivity index (χ4n) is 5.40. The highest BCUT2D eigenvalue weighted by atomic mass is 16.7. The normalized spacial score (nSPS) is 34.8. The molecule has 0 bridgehead atoms. The van der Waals surface area contributed by atoms with Crippen LogP contribution in [-0.2, 0) is 9.47 Å². The van der Waals surface area contributed by atoms with Crippen molar-refractivity contribution in [1.29, 1.82) is 0 Å². The van der Waals surface area contributed by atoms with Gasteiger partial charge in [-0.15, -0.1) is 0 Å². The van der Waals surface area contributed by atoms with Crippen molar-refractivity contribution in [2.75, 3.05) is 6.61 Å². The molecule has 144 valence electrons. The molecule has 0 heterocycles. The summed E-state index contributed by atoms with van der Waals surface area (Å²) >= 11 is 0. The lowest BCUT2D eigenvalue weighted by Gasteiger charge is -2.45. The average Bonchev–Trinajstić information content (AvgIpc) is 2.85. The molecule has 25 heavy (non-hydrogen) atoms. The van der Waals surface area contributed by atoms with E-state index >= 15 is 0 Å². The second-order valence-corrected chi connectivity index (χ2v) is 8.89. The van der Waals surface area contributed by atoms with Gasteiger partial charge in [0.25, 0.3) is 0 Å². The van der Waals surface area contributed by atoms with E-state index in [2.05, 4.69) is 25.7 Å². The molecular weight excluding hydrogens is 312 g/mol. The van der Waals surface area contributed by atoms with E-state index in [4.69, 9.17) is 9.47 Å². The van der Waals surface area contributed by atoms with Crippen LogP contribution in [0.4, 0.5) is 0 Å². The first kappa shape index (κ1) is 20.7. The highest BCUT2D eigenvalue weighted by Gasteiger charge is 2.51. The smallest absolute Gasteiger partial charge is 0.156 e. The molecule has 3 nitrogen and oxygen atoms in total. The zero-order valence-corrected chi connectivity index (χ0v) is 17.1. The highest BCUT2D eigenvalue weighted by Crippen LogP contribution is 2.58. The molecule has 6 atom stereocenters. The van der Waals surface area contributed by atoms with Crippen molar-refractivity contribution >= 4 is 0 Å². The quantitative estimate of drug-likeness (QED) is 0.554. The summed E-state index contributed by atoms with van der Waals surface area (Å²) < 4.78 is 11.3. The van der Waals surface area contributed by atoms with Gasteiger partial charge in [-0.3, -0.25) is 0 Å². The second-order valence-electron chi connectivity index (χ2n) is 8.89. The van der Waals surface area contributed by atoms with Crippen molar-refractivity contribution in [3.63, 3.8) is 0 Å². The molecule has 0 aromatic heterocycles. The topological polar surface area (TPSA) is 38.7 Å². The van der Waals surface area contributed by atoms with Crippen molar-refractivity contribution < 1.29 is 14.6 Å². The number of aliphatic hydroxyl groups excluding tert-OH is 1. The SMILES string of the molecule is CCOC(C)OC(C)(C)C#CC[C@@H](C)[C@H]1CC[C@H]2[C@@H](O)CCC[C@]12C. The van der Waals surface area contributed by atoms with Crippen molar-refractivity contribution in [2.45, 2.75) is 98.1 Å². The largest absolute Gasteiger partial charge is 0.393 e. The molecule has 2 rings (SSSR count). The van der Waals surface area contributed by atoms with Crippen LogP contribution in [0.1, 0.15) is 80.1 Å². The van der Waals surface area contributed by atoms with Gasteiger partial charge < -0.3 is 14.6 Å². The van der Waals surface area contributed by atoms with E-state index in [0.29, 0.717) is 29.8 Å². The number of ether oxygens (including phenoxy) is 2. The molecule has 0 aromatic carbocycles. The molecular formula is C22H38O3. The van der Waals surface area contributed by atoms with Gasteiger partial charge in [-0.25, -0.2) is 0 Å². The lowest BCUT2D eigenvalue weighted by atomic mass is 9.61. The molecule has 1 unspecified atom stereocenters. The molecule has 0 amide bonds. The molecule has 0 aromatic rings. The summed E-state index contributed by atoms with van der Waals surface area (Å²) in [5.41, 5.74) is -0.189. The van der Waals surface area contributed by atoms with Crippen LogP contribution in [0.2, 0.25) is 0 Å². The van der Waals surface area contributed by atoms with Crippen molar-refractivity contribution in [2.24, 2.45) is 23.2 Å². The summed E-state index contributed by atoms with van der Waals surface area (Å²) in [6, 6.07) is 0. The van der Waals surface area contributed by atoms with E-state index < -0.39 is 5.60 Å². The molecule has 3 heteroatoms. The predicted molar refractivity (Wildman–Crippen MR) is 102 cm³/mol. The van der Waals surface area contributed by atoms with Crippen LogP contribution in [-0.4, -0.2) is 29.7 Å². The zero-order valence-electron chi connectivity index (χ0n) is 17.1. The van der Waals surface area contributed by atoms with E-state index in [1.165, 1.54) is 25.7 Å². The van der Waals surface area contributed by atoms with Gasteiger partial charge in [0, 0.05) is 13.0 Å². The van der Waals surface area contributed by atoms with E-state index in [-0.39, 0.29) is 12.4 Å². The molecule has 0 spiro atoms. The van der Waals surface area contributed by atoms with E-state index in [9.17, 15) is 5.11 Å². The first-order valence-corrected chi connectivity index (χ1v) is 10.2. The standard InChI is InChI=1S/C22H38O3/c1-7-24-17(3)25-21(4,5)14-8-10-16(2)18-12-13-19-20(23)11-9-15-22(18,19)6/h16-20,23H,7,9-13,15H2,1-6H3/t16-,17?,18-,19+,20+,22-/m1/s1. The van der Waals surface area contributed by atoms with E-state index in [1.54, 1.807) is 0 Å². The van der Waals surface area contributed by atoms with Gasteiger partial charge in [0.15, 0.2) is 6.29 Å². The summed E-state index contributed by atoms with van der Waals surface area (Å²) in [4.78, 5) is 0. The third-order valence-electron chi connectivity index (χ3n) is 6.52. The number of aliphatic hydroxyl groups is 1. The van der Waals surface area contributed by atoms with Gasteiger partial charge in [0.05, 0.1) is 6.10 Å². The summed E-state index contributed by atoms with van der Waals surface area (Å²) in [6.45, 7) is 13.3. The van der Waals surface area contributed by atoms with Gasteiger partial charge >= 0.3 is 0 Å². The Labute approximate surface area is 154 Å². The first-order chi connectivity index (χ1) is 11.7. The van der Waals surface area contributed by atoms with Gasteiger partial charge in [0.2, 0.25) is 0 Å². The van der Waals surface area contributed by atoms with Crippen molar-refractivity contribution in [1.82, 2.24) is 0 Å². The molecule has 2 fully saturated rings. The maximum Gasteiger partial charge on any atom is 0.156 e. The van der Waals surface area contributed by atoms with Gasteiger partial charge in [0.1, 0.15) is 5.60 Å². The predicted octanol–water partition coefficient (Wildman–Crippen LogP) is 4.77. The second kappa shape index (κ2) is 8.42. The van der Waals surface area contributed by atoms with Crippen LogP contribution < -0.4 is 0 Å². The minimum atomic E-state index is -0.489. The van der Waals surface area contributed by atoms with Gasteiger partial charge in [-0.05, 0) is 76.5 Å². The van der Waals surface area contributed by atoms with Crippen LogP contribution in [0.3, 0.4) is 0 Å². The van der Waals surface area contributed by atoms with Crippen LogP contribution >= 0.6 is 0 Å². The summed E-state index contributed by atoms with van der Waals surface area (Å²) in [6.07, 6.45) is 6.42. The minimum absolute atomic E-state index is 0.0885. The first-order valence-electron chi connectivity index (χ1n) is 10.2. The summed E-state index contributed by atoms with van der Waals surface area (Å²) in [7, 11) is 0. The Kier molecular flexibility index (Phi) is 6.99. The molecule has 2 saturated carbocycles. The van der Waals surface area contributed by atoms with E-state index in [0.717, 1.165) is 12.8 Å². The number of hydrogen-bond donors (Lipinski definition) is 1. The Bertz CT molecular complexity index is 489. The molecule has 0 radical (unpaired) electrons. The average molecular weight is 351 g/mol. The Morgan fingerprint density at radius 2 is 1.96 bits per heavy atom. The van der Waals surface area contributed by atoms with Crippen LogP contribution in [0.5, 0.6) is 0 Å². The molecule has 2 aliphatic carbocycles. The van der Waals surface area contributed by atoms with Gasteiger partial charge in [-0.2, -0.15) is 0 Å². The van der Waals surface area contributed by atoms with Crippen LogP contribution in [0.25, 0.3) is 0 Å². The fourth-order valence-corrected chi connectivity index (χ4v) is 5.40. The maximum atomic E-state index is 10.4. The Balaban J connectivity index is 1.93. The third-order valence-corrected chi connectivity index (χ3v) is 6.52. The lowest BCUT2D eigenvalue weighted by Crippen LogP contribution is -2.41. The fraction of sp³-hybridized carbons (Fsp3) is 0.909. The monoisotopic (exact) mass is 350 g/mol. The number of hydrogen-bond acceptors (Lipinski definition) is 3. The van der Waals surface area contributed by atoms with Crippen molar-refractivity contribution in [3.8, 4) is 11.8 Å². The Hall–Kier alpha value is -0.560. The number of rotatable bonds is 6. The molecule has 0 aliphatic heterocycles. The summed E-state index contributed by atoms with van der Waals surface area (Å²) in [5.74, 6) is 8.41. The van der Waals surface area contributed by atoms with Crippen LogP contribution in [0.15, 0.2) is 0 Å². The summed E-state index contributed by atoms with van der Waals surface area (Å²) in [5, 5.41) is 10.4. The maximum absolute atomic E-state index is 10.4. The van der Waals surface area contributed by atoms with Crippen LogP contribution in [0, 0.1) is 35.0 Å². The Morgan fingerprint density at radius 3 is 2.64 bits per heavy atom. The van der Waals surface area contributed by atoms with E-state index in [1.807, 2.05) is 27.7 Å².